The van der Waals surface area contributed by atoms with E-state index < -0.39 is 37.3 Å². The van der Waals surface area contributed by atoms with Crippen LogP contribution in [-0.4, -0.2) is 79.5 Å². The Labute approximate surface area is 138 Å². The third kappa shape index (κ3) is 3.83. The third-order valence-electron chi connectivity index (χ3n) is 4.09. The van der Waals surface area contributed by atoms with Gasteiger partial charge in [0.2, 0.25) is 0 Å². The summed E-state index contributed by atoms with van der Waals surface area (Å²) < 4.78 is 10.6. The van der Waals surface area contributed by atoms with Crippen LogP contribution in [0.1, 0.15) is 16.8 Å². The van der Waals surface area contributed by atoms with Gasteiger partial charge in [0, 0.05) is 11.8 Å². The Morgan fingerprint density at radius 1 is 1.17 bits per heavy atom. The molecule has 9 heteroatoms. The van der Waals surface area contributed by atoms with Gasteiger partial charge in [-0.1, -0.05) is 0 Å². The van der Waals surface area contributed by atoms with Crippen LogP contribution < -0.4 is 0 Å². The highest BCUT2D eigenvalue weighted by atomic mass is 16.7. The maximum Gasteiger partial charge on any atom is 0.186 e. The monoisotopic (exact) mass is 345 g/mol. The summed E-state index contributed by atoms with van der Waals surface area (Å²) in [5.41, 5.74) is 1.32. The summed E-state index contributed by atoms with van der Waals surface area (Å²) in [7, 11) is 0. The molecule has 5 atom stereocenters. The molecular weight excluding hydrogens is 322 g/mol. The molecule has 0 bridgehead atoms. The average molecular weight is 345 g/mol. The Balaban J connectivity index is 1.98. The van der Waals surface area contributed by atoms with Crippen LogP contribution in [0.2, 0.25) is 0 Å². The summed E-state index contributed by atoms with van der Waals surface area (Å²) in [6.45, 7) is 0.766. The minimum atomic E-state index is -1.50. The SMILES string of the molecule is Cc1ncc(CCO[C@H]2O[C@H](CO)[C@@H](O)[C@H](O)[C@H]2O)c(CO)c1O. The predicted molar refractivity (Wildman–Crippen MR) is 80.0 cm³/mol. The quantitative estimate of drug-likeness (QED) is 0.342. The lowest BCUT2D eigenvalue weighted by Gasteiger charge is -2.39. The number of hydrogen-bond acceptors (Lipinski definition) is 9. The van der Waals surface area contributed by atoms with E-state index >= 15 is 0 Å². The van der Waals surface area contributed by atoms with Gasteiger partial charge in [-0.2, -0.15) is 0 Å². The molecule has 2 rings (SSSR count). The fourth-order valence-electron chi connectivity index (χ4n) is 2.57. The van der Waals surface area contributed by atoms with Crippen LogP contribution in [0.5, 0.6) is 5.75 Å². The second kappa shape index (κ2) is 8.17. The highest BCUT2D eigenvalue weighted by molar-refractivity contribution is 5.40. The van der Waals surface area contributed by atoms with E-state index in [0.717, 1.165) is 0 Å². The number of nitrogens with zero attached hydrogens (tertiary/aromatic N) is 1. The van der Waals surface area contributed by atoms with E-state index in [1.54, 1.807) is 6.92 Å². The number of ether oxygens (including phenoxy) is 2. The molecule has 1 saturated heterocycles. The van der Waals surface area contributed by atoms with Gasteiger partial charge in [0.1, 0.15) is 30.2 Å². The van der Waals surface area contributed by atoms with E-state index in [9.17, 15) is 25.5 Å². The zero-order valence-electron chi connectivity index (χ0n) is 13.2. The van der Waals surface area contributed by atoms with E-state index in [2.05, 4.69) is 4.98 Å². The number of pyridine rings is 1. The molecule has 9 nitrogen and oxygen atoms in total. The second-order valence-electron chi connectivity index (χ2n) is 5.67. The molecule has 1 aromatic rings. The number of aliphatic hydroxyl groups excluding tert-OH is 5. The highest BCUT2D eigenvalue weighted by Crippen LogP contribution is 2.25. The van der Waals surface area contributed by atoms with Crippen LogP contribution in [0.3, 0.4) is 0 Å². The van der Waals surface area contributed by atoms with Gasteiger partial charge in [-0.25, -0.2) is 0 Å². The standard InChI is InChI=1S/C15H23NO8/c1-7-11(19)9(5-17)8(4-16-7)2-3-23-15-14(22)13(21)12(20)10(6-18)24-15/h4,10,12-15,17-22H,2-3,5-6H2,1H3/t10-,12-,13+,14-,15+/m1/s1. The second-order valence-corrected chi connectivity index (χ2v) is 5.67. The lowest BCUT2D eigenvalue weighted by molar-refractivity contribution is -0.300. The minimum Gasteiger partial charge on any atom is -0.506 e. The predicted octanol–water partition coefficient (Wildman–Crippen LogP) is -2.05. The molecule has 1 aromatic heterocycles. The average Bonchev–Trinajstić information content (AvgIpc) is 2.58. The Bertz CT molecular complexity index is 553. The molecule has 1 fully saturated rings. The highest BCUT2D eigenvalue weighted by Gasteiger charge is 2.43. The Morgan fingerprint density at radius 2 is 1.88 bits per heavy atom. The van der Waals surface area contributed by atoms with Gasteiger partial charge in [0.15, 0.2) is 6.29 Å². The first kappa shape index (κ1) is 19.0. The number of rotatable bonds is 6. The van der Waals surface area contributed by atoms with Gasteiger partial charge in [-0.05, 0) is 18.9 Å². The van der Waals surface area contributed by atoms with Crippen molar-refractivity contribution < 1.29 is 40.1 Å². The number of aromatic nitrogens is 1. The van der Waals surface area contributed by atoms with Crippen molar-refractivity contribution in [3.05, 3.63) is 23.0 Å². The first-order chi connectivity index (χ1) is 11.4. The van der Waals surface area contributed by atoms with Crippen LogP contribution in [0.15, 0.2) is 6.20 Å². The lowest BCUT2D eigenvalue weighted by Crippen LogP contribution is -2.59. The number of hydrogen-bond donors (Lipinski definition) is 6. The first-order valence-electron chi connectivity index (χ1n) is 7.60. The zero-order valence-corrected chi connectivity index (χ0v) is 13.2. The van der Waals surface area contributed by atoms with Crippen molar-refractivity contribution in [1.82, 2.24) is 4.98 Å². The van der Waals surface area contributed by atoms with Gasteiger partial charge in [0.05, 0.1) is 25.5 Å². The zero-order chi connectivity index (χ0) is 17.9. The summed E-state index contributed by atoms with van der Waals surface area (Å²) in [5, 5.41) is 57.6. The van der Waals surface area contributed by atoms with E-state index in [0.29, 0.717) is 16.8 Å². The van der Waals surface area contributed by atoms with Crippen molar-refractivity contribution in [3.8, 4) is 5.75 Å². The van der Waals surface area contributed by atoms with Crippen molar-refractivity contribution in [2.24, 2.45) is 0 Å². The normalized spacial score (nSPS) is 30.5. The molecule has 6 N–H and O–H groups in total. The van der Waals surface area contributed by atoms with Crippen LogP contribution in [-0.2, 0) is 22.5 Å². The minimum absolute atomic E-state index is 0.0415. The first-order valence-corrected chi connectivity index (χ1v) is 7.60. The summed E-state index contributed by atoms with van der Waals surface area (Å²) in [5.74, 6) is -0.0807. The van der Waals surface area contributed by atoms with Crippen molar-refractivity contribution in [2.45, 2.75) is 50.7 Å². The van der Waals surface area contributed by atoms with Crippen LogP contribution in [0.25, 0.3) is 0 Å². The lowest BCUT2D eigenvalue weighted by atomic mass is 9.99. The molecule has 0 radical (unpaired) electrons. The molecule has 0 aliphatic carbocycles. The Kier molecular flexibility index (Phi) is 6.47. The molecule has 0 spiro atoms. The molecule has 24 heavy (non-hydrogen) atoms. The van der Waals surface area contributed by atoms with Crippen molar-refractivity contribution in [2.75, 3.05) is 13.2 Å². The van der Waals surface area contributed by atoms with Gasteiger partial charge in [0.25, 0.3) is 0 Å². The topological polar surface area (TPSA) is 153 Å². The number of aromatic hydroxyl groups is 1. The molecule has 0 aromatic carbocycles. The molecule has 136 valence electrons. The van der Waals surface area contributed by atoms with Crippen LogP contribution in [0, 0.1) is 6.92 Å². The van der Waals surface area contributed by atoms with Gasteiger partial charge in [-0.3, -0.25) is 4.98 Å². The summed E-state index contributed by atoms with van der Waals surface area (Å²) >= 11 is 0. The molecule has 0 amide bonds. The molecule has 1 aliphatic heterocycles. The van der Waals surface area contributed by atoms with E-state index in [1.165, 1.54) is 6.20 Å². The largest absolute Gasteiger partial charge is 0.506 e. The molecular formula is C15H23NO8. The van der Waals surface area contributed by atoms with E-state index in [1.807, 2.05) is 0 Å². The van der Waals surface area contributed by atoms with Gasteiger partial charge >= 0.3 is 0 Å². The molecule has 0 saturated carbocycles. The Hall–Kier alpha value is -1.33. The van der Waals surface area contributed by atoms with Crippen LogP contribution >= 0.6 is 0 Å². The van der Waals surface area contributed by atoms with E-state index in [-0.39, 0.29) is 25.4 Å². The molecule has 2 heterocycles. The molecule has 0 unspecified atom stereocenters. The number of aryl methyl sites for hydroxylation is 1. The Morgan fingerprint density at radius 3 is 2.50 bits per heavy atom. The van der Waals surface area contributed by atoms with Crippen molar-refractivity contribution >= 4 is 0 Å². The number of aliphatic hydroxyl groups is 5. The fourth-order valence-corrected chi connectivity index (χ4v) is 2.57. The third-order valence-corrected chi connectivity index (χ3v) is 4.09. The van der Waals surface area contributed by atoms with Gasteiger partial charge < -0.3 is 40.1 Å². The maximum atomic E-state index is 9.88. The summed E-state index contributed by atoms with van der Waals surface area (Å²) in [6, 6.07) is 0. The van der Waals surface area contributed by atoms with Crippen molar-refractivity contribution in [1.29, 1.82) is 0 Å². The smallest absolute Gasteiger partial charge is 0.186 e. The van der Waals surface area contributed by atoms with Crippen LogP contribution in [0.4, 0.5) is 0 Å². The maximum absolute atomic E-state index is 9.88. The summed E-state index contributed by atoms with van der Waals surface area (Å²) in [6.07, 6.45) is -4.88. The summed E-state index contributed by atoms with van der Waals surface area (Å²) in [4.78, 5) is 4.01. The van der Waals surface area contributed by atoms with Gasteiger partial charge in [-0.15, -0.1) is 0 Å². The van der Waals surface area contributed by atoms with Crippen molar-refractivity contribution in [3.63, 3.8) is 0 Å². The fraction of sp³-hybridized carbons (Fsp3) is 0.667. The van der Waals surface area contributed by atoms with E-state index in [4.69, 9.17) is 14.6 Å². The molecule has 1 aliphatic rings.